The molecule has 0 bridgehead atoms. The Hall–Kier alpha value is -0.570. The Bertz CT molecular complexity index is 213. The van der Waals surface area contributed by atoms with Crippen molar-refractivity contribution in [1.29, 1.82) is 0 Å². The zero-order chi connectivity index (χ0) is 9.97. The first-order valence-electron chi connectivity index (χ1n) is 5.79. The second-order valence-corrected chi connectivity index (χ2v) is 4.81. The molecule has 0 aromatic carbocycles. The van der Waals surface area contributed by atoms with Gasteiger partial charge >= 0.3 is 0 Å². The molecular formula is C11H20N2O. The minimum Gasteiger partial charge on any atom is -0.356 e. The molecule has 2 atom stereocenters. The minimum absolute atomic E-state index is 0.192. The molecule has 2 fully saturated rings. The highest BCUT2D eigenvalue weighted by atomic mass is 16.1. The maximum atomic E-state index is 11.7. The van der Waals surface area contributed by atoms with Crippen LogP contribution in [0.15, 0.2) is 0 Å². The molecule has 0 unspecified atom stereocenters. The van der Waals surface area contributed by atoms with Gasteiger partial charge in [0.25, 0.3) is 0 Å². The van der Waals surface area contributed by atoms with Crippen molar-refractivity contribution < 1.29 is 4.79 Å². The van der Waals surface area contributed by atoms with Crippen molar-refractivity contribution in [1.82, 2.24) is 5.32 Å². The lowest BCUT2D eigenvalue weighted by atomic mass is 9.85. The Balaban J connectivity index is 1.71. The number of nitrogens with one attached hydrogen (secondary N) is 1. The van der Waals surface area contributed by atoms with E-state index in [1.54, 1.807) is 0 Å². The van der Waals surface area contributed by atoms with Crippen molar-refractivity contribution >= 4 is 5.91 Å². The first-order valence-corrected chi connectivity index (χ1v) is 5.79. The maximum absolute atomic E-state index is 11.7. The number of carbonyl (C=O) groups is 1. The Kier molecular flexibility index (Phi) is 3.06. The van der Waals surface area contributed by atoms with Gasteiger partial charge in [-0.25, -0.2) is 0 Å². The van der Waals surface area contributed by atoms with Gasteiger partial charge in [-0.15, -0.1) is 0 Å². The van der Waals surface area contributed by atoms with E-state index in [0.717, 1.165) is 38.1 Å². The lowest BCUT2D eigenvalue weighted by Crippen LogP contribution is -2.38. The van der Waals surface area contributed by atoms with Gasteiger partial charge in [0.05, 0.1) is 0 Å². The van der Waals surface area contributed by atoms with Gasteiger partial charge in [-0.1, -0.05) is 6.42 Å². The fourth-order valence-corrected chi connectivity index (χ4v) is 2.18. The molecule has 0 spiro atoms. The standard InChI is InChI=1S/C11H20N2O/c12-10-3-1-2-9(6-10)11(14)13-7-8-4-5-8/h8-10H,1-7,12H2,(H,13,14)/t9-,10-/m1/s1. The molecule has 3 heteroatoms. The molecule has 80 valence electrons. The Morgan fingerprint density at radius 2 is 2.07 bits per heavy atom. The van der Waals surface area contributed by atoms with Crippen molar-refractivity contribution in [2.45, 2.75) is 44.6 Å². The van der Waals surface area contributed by atoms with E-state index in [9.17, 15) is 4.79 Å². The molecular weight excluding hydrogens is 176 g/mol. The molecule has 2 aliphatic rings. The van der Waals surface area contributed by atoms with Crippen LogP contribution in [0.1, 0.15) is 38.5 Å². The van der Waals surface area contributed by atoms with E-state index >= 15 is 0 Å². The van der Waals surface area contributed by atoms with Crippen LogP contribution in [0.4, 0.5) is 0 Å². The summed E-state index contributed by atoms with van der Waals surface area (Å²) in [5, 5.41) is 3.04. The second-order valence-electron chi connectivity index (χ2n) is 4.81. The van der Waals surface area contributed by atoms with Crippen molar-refractivity contribution in [3.05, 3.63) is 0 Å². The predicted molar refractivity (Wildman–Crippen MR) is 55.7 cm³/mol. The highest BCUT2D eigenvalue weighted by Gasteiger charge is 2.27. The maximum Gasteiger partial charge on any atom is 0.223 e. The van der Waals surface area contributed by atoms with Crippen LogP contribution >= 0.6 is 0 Å². The monoisotopic (exact) mass is 196 g/mol. The molecule has 0 aromatic rings. The zero-order valence-corrected chi connectivity index (χ0v) is 8.67. The predicted octanol–water partition coefficient (Wildman–Crippen LogP) is 1.03. The van der Waals surface area contributed by atoms with Crippen LogP contribution < -0.4 is 11.1 Å². The summed E-state index contributed by atoms with van der Waals surface area (Å²) in [6.07, 6.45) is 6.71. The molecule has 0 aromatic heterocycles. The molecule has 2 aliphatic carbocycles. The summed E-state index contributed by atoms with van der Waals surface area (Å²) >= 11 is 0. The average Bonchev–Trinajstić information content (AvgIpc) is 2.97. The van der Waals surface area contributed by atoms with Crippen LogP contribution in [0.2, 0.25) is 0 Å². The molecule has 3 N–H and O–H groups in total. The molecule has 0 radical (unpaired) electrons. The molecule has 2 rings (SSSR count). The average molecular weight is 196 g/mol. The molecule has 0 saturated heterocycles. The molecule has 1 amide bonds. The van der Waals surface area contributed by atoms with Crippen LogP contribution in [0.25, 0.3) is 0 Å². The van der Waals surface area contributed by atoms with E-state index in [0.29, 0.717) is 0 Å². The smallest absolute Gasteiger partial charge is 0.223 e. The third kappa shape index (κ3) is 2.71. The van der Waals surface area contributed by atoms with Crippen molar-refractivity contribution in [2.24, 2.45) is 17.6 Å². The van der Waals surface area contributed by atoms with Crippen molar-refractivity contribution in [3.63, 3.8) is 0 Å². The first-order chi connectivity index (χ1) is 6.75. The lowest BCUT2D eigenvalue weighted by molar-refractivity contribution is -0.126. The molecule has 0 heterocycles. The fraction of sp³-hybridized carbons (Fsp3) is 0.909. The van der Waals surface area contributed by atoms with Crippen LogP contribution in [-0.2, 0) is 4.79 Å². The van der Waals surface area contributed by atoms with Gasteiger partial charge in [-0.05, 0) is 38.0 Å². The second kappa shape index (κ2) is 4.30. The number of rotatable bonds is 3. The highest BCUT2D eigenvalue weighted by Crippen LogP contribution is 2.28. The third-order valence-corrected chi connectivity index (χ3v) is 3.35. The number of carbonyl (C=O) groups excluding carboxylic acids is 1. The largest absolute Gasteiger partial charge is 0.356 e. The highest BCUT2D eigenvalue weighted by molar-refractivity contribution is 5.78. The minimum atomic E-state index is 0.192. The number of amides is 1. The van der Waals surface area contributed by atoms with Gasteiger partial charge in [0.2, 0.25) is 5.91 Å². The van der Waals surface area contributed by atoms with E-state index < -0.39 is 0 Å². The van der Waals surface area contributed by atoms with Crippen LogP contribution in [0.5, 0.6) is 0 Å². The Morgan fingerprint density at radius 3 is 2.71 bits per heavy atom. The van der Waals surface area contributed by atoms with Gasteiger partial charge in [0.1, 0.15) is 0 Å². The van der Waals surface area contributed by atoms with E-state index in [1.165, 1.54) is 12.8 Å². The number of hydrogen-bond donors (Lipinski definition) is 2. The normalized spacial score (nSPS) is 32.6. The molecule has 0 aliphatic heterocycles. The quantitative estimate of drug-likeness (QED) is 0.708. The summed E-state index contributed by atoms with van der Waals surface area (Å²) < 4.78 is 0. The summed E-state index contributed by atoms with van der Waals surface area (Å²) in [5.74, 6) is 1.21. The van der Waals surface area contributed by atoms with Gasteiger partial charge < -0.3 is 11.1 Å². The van der Waals surface area contributed by atoms with Gasteiger partial charge in [-0.2, -0.15) is 0 Å². The molecule has 14 heavy (non-hydrogen) atoms. The van der Waals surface area contributed by atoms with Crippen molar-refractivity contribution in [3.8, 4) is 0 Å². The summed E-state index contributed by atoms with van der Waals surface area (Å²) in [5.41, 5.74) is 5.85. The summed E-state index contributed by atoms with van der Waals surface area (Å²) in [7, 11) is 0. The summed E-state index contributed by atoms with van der Waals surface area (Å²) in [6, 6.07) is 0.250. The molecule has 2 saturated carbocycles. The van der Waals surface area contributed by atoms with Gasteiger partial charge in [0.15, 0.2) is 0 Å². The summed E-state index contributed by atoms with van der Waals surface area (Å²) in [4.78, 5) is 11.7. The lowest BCUT2D eigenvalue weighted by Gasteiger charge is -2.25. The number of hydrogen-bond acceptors (Lipinski definition) is 2. The number of nitrogens with two attached hydrogens (primary N) is 1. The third-order valence-electron chi connectivity index (χ3n) is 3.35. The van der Waals surface area contributed by atoms with Crippen LogP contribution in [0, 0.1) is 11.8 Å². The van der Waals surface area contributed by atoms with Gasteiger partial charge in [0, 0.05) is 18.5 Å². The SMILES string of the molecule is N[C@@H]1CCC[C@@H](C(=O)NCC2CC2)C1. The van der Waals surface area contributed by atoms with E-state index in [4.69, 9.17) is 5.73 Å². The van der Waals surface area contributed by atoms with E-state index in [1.807, 2.05) is 0 Å². The Morgan fingerprint density at radius 1 is 1.29 bits per heavy atom. The zero-order valence-electron chi connectivity index (χ0n) is 8.67. The Labute approximate surface area is 85.4 Å². The summed E-state index contributed by atoms with van der Waals surface area (Å²) in [6.45, 7) is 0.893. The molecule has 3 nitrogen and oxygen atoms in total. The topological polar surface area (TPSA) is 55.1 Å². The van der Waals surface area contributed by atoms with Crippen LogP contribution in [0.3, 0.4) is 0 Å². The van der Waals surface area contributed by atoms with E-state index in [-0.39, 0.29) is 17.9 Å². The van der Waals surface area contributed by atoms with Crippen molar-refractivity contribution in [2.75, 3.05) is 6.54 Å². The van der Waals surface area contributed by atoms with Crippen LogP contribution in [-0.4, -0.2) is 18.5 Å². The van der Waals surface area contributed by atoms with Gasteiger partial charge in [-0.3, -0.25) is 4.79 Å². The first kappa shape index (κ1) is 9.97. The fourth-order valence-electron chi connectivity index (χ4n) is 2.18. The van der Waals surface area contributed by atoms with E-state index in [2.05, 4.69) is 5.32 Å².